The van der Waals surface area contributed by atoms with Crippen LogP contribution >= 0.6 is 11.3 Å². The highest BCUT2D eigenvalue weighted by molar-refractivity contribution is 7.10. The zero-order chi connectivity index (χ0) is 21.1. The summed E-state index contributed by atoms with van der Waals surface area (Å²) in [6, 6.07) is 13.0. The molecule has 8 heteroatoms. The quantitative estimate of drug-likeness (QED) is 0.478. The Hall–Kier alpha value is -3.52. The fourth-order valence-corrected chi connectivity index (χ4v) is 3.94. The summed E-state index contributed by atoms with van der Waals surface area (Å²) in [5.74, 6) is 1.95. The van der Waals surface area contributed by atoms with Crippen molar-refractivity contribution in [3.05, 3.63) is 64.7 Å². The molecule has 0 bridgehead atoms. The van der Waals surface area contributed by atoms with E-state index in [9.17, 15) is 4.79 Å². The molecule has 30 heavy (non-hydrogen) atoms. The maximum Gasteiger partial charge on any atom is 0.269 e. The topological polar surface area (TPSA) is 78.5 Å². The van der Waals surface area contributed by atoms with Gasteiger partial charge < -0.3 is 19.2 Å². The predicted molar refractivity (Wildman–Crippen MR) is 115 cm³/mol. The minimum absolute atomic E-state index is 0.203. The predicted octanol–water partition coefficient (Wildman–Crippen LogP) is 4.36. The highest BCUT2D eigenvalue weighted by atomic mass is 32.1. The summed E-state index contributed by atoms with van der Waals surface area (Å²) < 4.78 is 17.7. The van der Waals surface area contributed by atoms with Gasteiger partial charge in [-0.2, -0.15) is 5.10 Å². The summed E-state index contributed by atoms with van der Waals surface area (Å²) >= 11 is 1.57. The normalized spacial score (nSPS) is 10.8. The number of furan rings is 1. The molecule has 0 fully saturated rings. The van der Waals surface area contributed by atoms with Gasteiger partial charge in [0.15, 0.2) is 0 Å². The molecule has 4 rings (SSSR count). The first-order chi connectivity index (χ1) is 14.6. The highest BCUT2D eigenvalue weighted by Crippen LogP contribution is 2.33. The van der Waals surface area contributed by atoms with Crippen molar-refractivity contribution in [1.82, 2.24) is 15.1 Å². The first kappa shape index (κ1) is 19.8. The van der Waals surface area contributed by atoms with Crippen molar-refractivity contribution >= 4 is 17.2 Å². The molecule has 3 heterocycles. The molecule has 0 aliphatic carbocycles. The van der Waals surface area contributed by atoms with Gasteiger partial charge in [-0.25, -0.2) is 0 Å². The first-order valence-corrected chi connectivity index (χ1v) is 10.1. The maximum atomic E-state index is 12.8. The van der Waals surface area contributed by atoms with E-state index in [1.54, 1.807) is 49.6 Å². The number of benzene rings is 1. The molecule has 4 aromatic rings. The van der Waals surface area contributed by atoms with Crippen LogP contribution in [-0.4, -0.2) is 29.9 Å². The third-order valence-electron chi connectivity index (χ3n) is 4.68. The number of nitrogens with one attached hydrogen (secondary N) is 1. The molecule has 1 aromatic carbocycles. The summed E-state index contributed by atoms with van der Waals surface area (Å²) in [6.45, 7) is 0.424. The lowest BCUT2D eigenvalue weighted by Gasteiger charge is -2.08. The zero-order valence-electron chi connectivity index (χ0n) is 16.8. The van der Waals surface area contributed by atoms with E-state index in [2.05, 4.69) is 10.4 Å². The van der Waals surface area contributed by atoms with Crippen molar-refractivity contribution in [1.29, 1.82) is 0 Å². The van der Waals surface area contributed by atoms with Crippen LogP contribution in [0.3, 0.4) is 0 Å². The number of carbonyl (C=O) groups excluding carboxylic acids is 1. The van der Waals surface area contributed by atoms with E-state index in [0.29, 0.717) is 29.4 Å². The molecule has 3 aromatic heterocycles. The molecule has 0 unspecified atom stereocenters. The Bertz CT molecular complexity index is 1160. The van der Waals surface area contributed by atoms with Crippen molar-refractivity contribution in [3.8, 4) is 34.1 Å². The van der Waals surface area contributed by atoms with E-state index in [1.807, 2.05) is 41.8 Å². The van der Waals surface area contributed by atoms with Crippen molar-refractivity contribution in [2.45, 2.75) is 6.54 Å². The van der Waals surface area contributed by atoms with E-state index in [0.717, 1.165) is 21.8 Å². The van der Waals surface area contributed by atoms with Gasteiger partial charge in [-0.05, 0) is 42.5 Å². The largest absolute Gasteiger partial charge is 0.497 e. The average molecular weight is 423 g/mol. The number of ether oxygens (including phenoxy) is 2. The molecule has 154 valence electrons. The zero-order valence-corrected chi connectivity index (χ0v) is 17.7. The number of hydrogen-bond donors (Lipinski definition) is 1. The molecule has 0 spiro atoms. The molecule has 0 atom stereocenters. The number of thiophene rings is 1. The molecular formula is C22H21N3O4S. The monoisotopic (exact) mass is 423 g/mol. The Labute approximate surface area is 177 Å². The SMILES string of the molecule is COc1ccc(OC)c(-c2cc(C(=O)NCc3cc(-c4ccco4)cs3)n(C)n2)c1. The molecule has 0 aliphatic rings. The van der Waals surface area contributed by atoms with Gasteiger partial charge in [-0.15, -0.1) is 11.3 Å². The first-order valence-electron chi connectivity index (χ1n) is 9.25. The van der Waals surface area contributed by atoms with E-state index < -0.39 is 0 Å². The van der Waals surface area contributed by atoms with Gasteiger partial charge in [0.05, 0.1) is 32.7 Å². The number of methoxy groups -OCH3 is 2. The smallest absolute Gasteiger partial charge is 0.269 e. The third kappa shape index (κ3) is 3.95. The van der Waals surface area contributed by atoms with E-state index in [4.69, 9.17) is 13.9 Å². The molecule has 7 nitrogen and oxygen atoms in total. The Morgan fingerprint density at radius 1 is 1.20 bits per heavy atom. The van der Waals surface area contributed by atoms with Crippen LogP contribution in [0.4, 0.5) is 0 Å². The number of carbonyl (C=O) groups is 1. The lowest BCUT2D eigenvalue weighted by atomic mass is 10.1. The Morgan fingerprint density at radius 2 is 2.07 bits per heavy atom. The van der Waals surface area contributed by atoms with Crippen LogP contribution in [0.2, 0.25) is 0 Å². The van der Waals surface area contributed by atoms with Crippen molar-refractivity contribution in [2.75, 3.05) is 14.2 Å². The number of rotatable bonds is 7. The molecule has 0 aliphatic heterocycles. The fourth-order valence-electron chi connectivity index (χ4n) is 3.13. The lowest BCUT2D eigenvalue weighted by molar-refractivity contribution is 0.0942. The van der Waals surface area contributed by atoms with Crippen LogP contribution in [0.25, 0.3) is 22.6 Å². The molecule has 1 amide bonds. The van der Waals surface area contributed by atoms with Crippen LogP contribution in [0, 0.1) is 0 Å². The van der Waals surface area contributed by atoms with E-state index >= 15 is 0 Å². The second kappa shape index (κ2) is 8.46. The van der Waals surface area contributed by atoms with Crippen LogP contribution in [-0.2, 0) is 13.6 Å². The number of nitrogens with zero attached hydrogens (tertiary/aromatic N) is 2. The Balaban J connectivity index is 1.50. The minimum atomic E-state index is -0.203. The maximum absolute atomic E-state index is 12.8. The van der Waals surface area contributed by atoms with Crippen molar-refractivity contribution in [2.24, 2.45) is 7.05 Å². The molecule has 0 radical (unpaired) electrons. The van der Waals surface area contributed by atoms with E-state index in [-0.39, 0.29) is 5.91 Å². The lowest BCUT2D eigenvalue weighted by Crippen LogP contribution is -2.24. The Morgan fingerprint density at radius 3 is 2.80 bits per heavy atom. The van der Waals surface area contributed by atoms with Gasteiger partial charge in [0.25, 0.3) is 5.91 Å². The van der Waals surface area contributed by atoms with Gasteiger partial charge in [0, 0.05) is 28.4 Å². The average Bonchev–Trinajstić information content (AvgIpc) is 3.52. The van der Waals surface area contributed by atoms with Gasteiger partial charge in [0.2, 0.25) is 0 Å². The van der Waals surface area contributed by atoms with Gasteiger partial charge in [-0.3, -0.25) is 9.48 Å². The summed E-state index contributed by atoms with van der Waals surface area (Å²) in [6.07, 6.45) is 1.64. The summed E-state index contributed by atoms with van der Waals surface area (Å²) in [5, 5.41) is 9.46. The number of amides is 1. The van der Waals surface area contributed by atoms with Gasteiger partial charge >= 0.3 is 0 Å². The number of aryl methyl sites for hydroxylation is 1. The van der Waals surface area contributed by atoms with Crippen LogP contribution in [0.15, 0.2) is 58.5 Å². The third-order valence-corrected chi connectivity index (χ3v) is 5.61. The molecule has 0 saturated heterocycles. The number of hydrogen-bond acceptors (Lipinski definition) is 6. The minimum Gasteiger partial charge on any atom is -0.497 e. The van der Waals surface area contributed by atoms with Gasteiger partial charge in [0.1, 0.15) is 23.0 Å². The second-order valence-corrected chi connectivity index (χ2v) is 7.56. The van der Waals surface area contributed by atoms with Gasteiger partial charge in [-0.1, -0.05) is 0 Å². The number of aromatic nitrogens is 2. The Kier molecular flexibility index (Phi) is 5.58. The standard InChI is InChI=1S/C22H21N3O4S/c1-25-19(11-18(24-25)17-10-15(27-2)6-7-21(17)28-3)22(26)23-12-16-9-14(13-30-16)20-5-4-8-29-20/h4-11,13H,12H2,1-3H3,(H,23,26). The summed E-state index contributed by atoms with van der Waals surface area (Å²) in [5.41, 5.74) is 2.85. The fraction of sp³-hybridized carbons (Fsp3) is 0.182. The van der Waals surface area contributed by atoms with Crippen LogP contribution < -0.4 is 14.8 Å². The molecule has 0 saturated carbocycles. The van der Waals surface area contributed by atoms with Crippen LogP contribution in [0.5, 0.6) is 11.5 Å². The second-order valence-electron chi connectivity index (χ2n) is 6.57. The molecule has 1 N–H and O–H groups in total. The van der Waals surface area contributed by atoms with Crippen molar-refractivity contribution < 1.29 is 18.7 Å². The van der Waals surface area contributed by atoms with Crippen molar-refractivity contribution in [3.63, 3.8) is 0 Å². The highest BCUT2D eigenvalue weighted by Gasteiger charge is 2.17. The van der Waals surface area contributed by atoms with E-state index in [1.165, 1.54) is 0 Å². The van der Waals surface area contributed by atoms with Crippen LogP contribution in [0.1, 0.15) is 15.4 Å². The molecular weight excluding hydrogens is 402 g/mol. The summed E-state index contributed by atoms with van der Waals surface area (Å²) in [4.78, 5) is 13.8. The summed E-state index contributed by atoms with van der Waals surface area (Å²) in [7, 11) is 4.94.